The number of rotatable bonds is 5. The van der Waals surface area contributed by atoms with Crippen LogP contribution in [0.1, 0.15) is 37.0 Å². The molecule has 1 aromatic heterocycles. The van der Waals surface area contributed by atoms with E-state index in [1.165, 1.54) is 24.4 Å². The van der Waals surface area contributed by atoms with Gasteiger partial charge < -0.3 is 14.3 Å². The maximum Gasteiger partial charge on any atom is 0.258 e. The number of benzene rings is 1. The molecule has 0 radical (unpaired) electrons. The number of aromatic hydroxyl groups is 1. The van der Waals surface area contributed by atoms with Gasteiger partial charge in [-0.15, -0.1) is 0 Å². The molecule has 1 unspecified atom stereocenters. The molecule has 0 bridgehead atoms. The van der Waals surface area contributed by atoms with Crippen LogP contribution in [0.25, 0.3) is 0 Å². The molecule has 2 aromatic rings. The number of anilines is 1. The molecule has 0 saturated heterocycles. The Labute approximate surface area is 129 Å². The Hall–Kier alpha value is -2.50. The number of nitrogens with zero attached hydrogens (tertiary/aromatic N) is 1. The second-order valence-electron chi connectivity index (χ2n) is 5.45. The summed E-state index contributed by atoms with van der Waals surface area (Å²) in [6, 6.07) is 4.45. The molecule has 22 heavy (non-hydrogen) atoms. The van der Waals surface area contributed by atoms with E-state index in [9.17, 15) is 9.90 Å². The molecule has 1 heterocycles. The highest BCUT2D eigenvalue weighted by molar-refractivity contribution is 6.03. The number of carbonyl (C=O) groups excluding carboxylic acids is 1. The molecular weight excluding hydrogens is 284 g/mol. The predicted octanol–water partition coefficient (Wildman–Crippen LogP) is 3.36. The zero-order valence-electron chi connectivity index (χ0n) is 13.1. The summed E-state index contributed by atoms with van der Waals surface area (Å²) in [7, 11) is 0. The summed E-state index contributed by atoms with van der Waals surface area (Å²) in [6.45, 7) is 7.64. The van der Waals surface area contributed by atoms with Crippen LogP contribution in [0.3, 0.4) is 0 Å². The first-order chi connectivity index (χ1) is 10.4. The molecule has 0 saturated carbocycles. The number of amides is 1. The lowest BCUT2D eigenvalue weighted by molar-refractivity contribution is 0.102. The Bertz CT molecular complexity index is 664. The Balaban J connectivity index is 2.15. The molecule has 2 N–H and O–H groups in total. The number of ether oxygens (including phenoxy) is 1. The van der Waals surface area contributed by atoms with Crippen molar-refractivity contribution in [2.45, 2.75) is 33.8 Å². The van der Waals surface area contributed by atoms with Crippen molar-refractivity contribution >= 4 is 11.8 Å². The third-order valence-corrected chi connectivity index (χ3v) is 3.33. The molecule has 2 rings (SSSR count). The second-order valence-corrected chi connectivity index (χ2v) is 5.45. The van der Waals surface area contributed by atoms with Crippen molar-refractivity contribution in [3.63, 3.8) is 0 Å². The van der Waals surface area contributed by atoms with E-state index in [1.54, 1.807) is 6.92 Å². The van der Waals surface area contributed by atoms with Crippen LogP contribution in [0, 0.1) is 12.8 Å². The number of phenols is 1. The summed E-state index contributed by atoms with van der Waals surface area (Å²) in [5, 5.41) is 12.5. The second kappa shape index (κ2) is 6.51. The molecule has 0 aliphatic carbocycles. The smallest absolute Gasteiger partial charge is 0.258 e. The fourth-order valence-electron chi connectivity index (χ4n) is 1.69. The first kappa shape index (κ1) is 15.9. The Morgan fingerprint density at radius 2 is 2.09 bits per heavy atom. The van der Waals surface area contributed by atoms with Gasteiger partial charge >= 0.3 is 0 Å². The lowest BCUT2D eigenvalue weighted by Crippen LogP contribution is -2.19. The van der Waals surface area contributed by atoms with Gasteiger partial charge in [0.2, 0.25) is 5.88 Å². The van der Waals surface area contributed by atoms with Gasteiger partial charge in [0.15, 0.2) is 17.4 Å². The lowest BCUT2D eigenvalue weighted by atomic mass is 10.1. The van der Waals surface area contributed by atoms with Crippen LogP contribution in [-0.4, -0.2) is 22.1 Å². The predicted molar refractivity (Wildman–Crippen MR) is 82.2 cm³/mol. The van der Waals surface area contributed by atoms with Crippen LogP contribution in [0.2, 0.25) is 0 Å². The minimum atomic E-state index is -0.363. The molecular formula is C16H20N2O4. The minimum Gasteiger partial charge on any atom is -0.504 e. The third kappa shape index (κ3) is 3.78. The number of phenolic OH excluding ortho intramolecular Hbond substituents is 1. The van der Waals surface area contributed by atoms with E-state index in [-0.39, 0.29) is 35.3 Å². The SMILES string of the molecule is Cc1ncc(NC(=O)c2ccc(O)c(OC(C)C(C)C)c2)o1. The maximum absolute atomic E-state index is 12.2. The highest BCUT2D eigenvalue weighted by Crippen LogP contribution is 2.29. The topological polar surface area (TPSA) is 84.6 Å². The lowest BCUT2D eigenvalue weighted by Gasteiger charge is -2.19. The number of aromatic nitrogens is 1. The number of oxazole rings is 1. The molecule has 0 aliphatic rings. The summed E-state index contributed by atoms with van der Waals surface area (Å²) >= 11 is 0. The van der Waals surface area contributed by atoms with Gasteiger partial charge in [-0.2, -0.15) is 0 Å². The van der Waals surface area contributed by atoms with Gasteiger partial charge in [-0.05, 0) is 31.0 Å². The highest BCUT2D eigenvalue weighted by atomic mass is 16.5. The van der Waals surface area contributed by atoms with Crippen molar-refractivity contribution in [2.24, 2.45) is 5.92 Å². The largest absolute Gasteiger partial charge is 0.504 e. The van der Waals surface area contributed by atoms with Crippen molar-refractivity contribution in [3.8, 4) is 11.5 Å². The Morgan fingerprint density at radius 3 is 2.68 bits per heavy atom. The van der Waals surface area contributed by atoms with Gasteiger partial charge in [-0.3, -0.25) is 10.1 Å². The molecule has 0 fully saturated rings. The summed E-state index contributed by atoms with van der Waals surface area (Å²) in [5.41, 5.74) is 0.359. The number of hydrogen-bond acceptors (Lipinski definition) is 5. The van der Waals surface area contributed by atoms with Crippen molar-refractivity contribution in [3.05, 3.63) is 35.9 Å². The van der Waals surface area contributed by atoms with E-state index >= 15 is 0 Å². The molecule has 118 valence electrons. The molecule has 6 heteroatoms. The van der Waals surface area contributed by atoms with E-state index in [1.807, 2.05) is 20.8 Å². The van der Waals surface area contributed by atoms with Crippen molar-refractivity contribution in [1.29, 1.82) is 0 Å². The summed E-state index contributed by atoms with van der Waals surface area (Å²) in [5.74, 6) is 0.943. The standard InChI is InChI=1S/C16H20N2O4/c1-9(2)10(3)21-14-7-12(5-6-13(14)19)16(20)18-15-8-17-11(4)22-15/h5-10,19H,1-4H3,(H,18,20). The van der Waals surface area contributed by atoms with Crippen LogP contribution < -0.4 is 10.1 Å². The Morgan fingerprint density at radius 1 is 1.36 bits per heavy atom. The van der Waals surface area contributed by atoms with Crippen LogP contribution in [0.4, 0.5) is 5.88 Å². The van der Waals surface area contributed by atoms with Crippen LogP contribution in [-0.2, 0) is 0 Å². The average Bonchev–Trinajstić information content (AvgIpc) is 2.86. The highest BCUT2D eigenvalue weighted by Gasteiger charge is 2.15. The zero-order chi connectivity index (χ0) is 16.3. The van der Waals surface area contributed by atoms with Gasteiger partial charge in [0, 0.05) is 12.5 Å². The van der Waals surface area contributed by atoms with Gasteiger partial charge in [-0.25, -0.2) is 4.98 Å². The summed E-state index contributed by atoms with van der Waals surface area (Å²) in [6.07, 6.45) is 1.35. The first-order valence-electron chi connectivity index (χ1n) is 7.10. The average molecular weight is 304 g/mol. The maximum atomic E-state index is 12.2. The van der Waals surface area contributed by atoms with Crippen molar-refractivity contribution in [1.82, 2.24) is 4.98 Å². The van der Waals surface area contributed by atoms with Crippen LogP contribution in [0.15, 0.2) is 28.8 Å². The van der Waals surface area contributed by atoms with Gasteiger partial charge in [0.1, 0.15) is 0 Å². The Kier molecular flexibility index (Phi) is 4.70. The quantitative estimate of drug-likeness (QED) is 0.884. The fraction of sp³-hybridized carbons (Fsp3) is 0.375. The van der Waals surface area contributed by atoms with E-state index < -0.39 is 0 Å². The van der Waals surface area contributed by atoms with E-state index in [0.29, 0.717) is 11.5 Å². The molecule has 0 aliphatic heterocycles. The number of carbonyl (C=O) groups is 1. The number of hydrogen-bond donors (Lipinski definition) is 2. The normalized spacial score (nSPS) is 12.2. The number of nitrogens with one attached hydrogen (secondary N) is 1. The molecule has 1 atom stereocenters. The third-order valence-electron chi connectivity index (χ3n) is 3.33. The van der Waals surface area contributed by atoms with Crippen molar-refractivity contribution < 1.29 is 19.1 Å². The fourth-order valence-corrected chi connectivity index (χ4v) is 1.69. The first-order valence-corrected chi connectivity index (χ1v) is 7.10. The molecule has 1 amide bonds. The van der Waals surface area contributed by atoms with E-state index in [0.717, 1.165) is 0 Å². The van der Waals surface area contributed by atoms with E-state index in [4.69, 9.17) is 9.15 Å². The van der Waals surface area contributed by atoms with E-state index in [2.05, 4.69) is 10.3 Å². The van der Waals surface area contributed by atoms with Crippen LogP contribution in [0.5, 0.6) is 11.5 Å². The summed E-state index contributed by atoms with van der Waals surface area (Å²) < 4.78 is 10.9. The number of aryl methyl sites for hydroxylation is 1. The zero-order valence-corrected chi connectivity index (χ0v) is 13.1. The van der Waals surface area contributed by atoms with Crippen molar-refractivity contribution in [2.75, 3.05) is 5.32 Å². The molecule has 1 aromatic carbocycles. The van der Waals surface area contributed by atoms with Crippen LogP contribution >= 0.6 is 0 Å². The summed E-state index contributed by atoms with van der Waals surface area (Å²) in [4.78, 5) is 16.1. The molecule has 0 spiro atoms. The van der Waals surface area contributed by atoms with Gasteiger partial charge in [0.25, 0.3) is 5.91 Å². The van der Waals surface area contributed by atoms with Gasteiger partial charge in [-0.1, -0.05) is 13.8 Å². The molecule has 6 nitrogen and oxygen atoms in total. The minimum absolute atomic E-state index is 0.000408. The monoisotopic (exact) mass is 304 g/mol. The van der Waals surface area contributed by atoms with Gasteiger partial charge in [0.05, 0.1) is 12.3 Å².